The number of methoxy groups -OCH3 is 1. The minimum atomic E-state index is -4.18. The third-order valence-electron chi connectivity index (χ3n) is 8.43. The van der Waals surface area contributed by atoms with E-state index in [1.165, 1.54) is 36.3 Å². The molecule has 1 aromatic heterocycles. The van der Waals surface area contributed by atoms with Crippen LogP contribution in [0.25, 0.3) is 0 Å². The highest BCUT2D eigenvalue weighted by molar-refractivity contribution is 7.89. The van der Waals surface area contributed by atoms with Gasteiger partial charge in [-0.2, -0.15) is 9.04 Å². The van der Waals surface area contributed by atoms with E-state index in [1.54, 1.807) is 32.3 Å². The molecule has 2 heterocycles. The highest BCUT2D eigenvalue weighted by atomic mass is 35.5. The summed E-state index contributed by atoms with van der Waals surface area (Å²) in [5, 5.41) is 12.1. The Labute approximate surface area is 284 Å². The summed E-state index contributed by atoms with van der Waals surface area (Å²) in [6.07, 6.45) is 5.97. The molecule has 2 atom stereocenters. The number of pyridine rings is 1. The molecule has 14 heteroatoms. The van der Waals surface area contributed by atoms with Crippen LogP contribution in [0.1, 0.15) is 66.1 Å². The molecule has 0 bridgehead atoms. The number of hydrogen-bond donors (Lipinski definition) is 0. The molecule has 1 aliphatic heterocycles. The second kappa shape index (κ2) is 14.7. The first-order valence-corrected chi connectivity index (χ1v) is 17.5. The minimum Gasteiger partial charge on any atom is -0.619 e. The van der Waals surface area contributed by atoms with Crippen LogP contribution in [-0.4, -0.2) is 69.4 Å². The van der Waals surface area contributed by atoms with Crippen LogP contribution in [0.5, 0.6) is 11.5 Å². The van der Waals surface area contributed by atoms with Gasteiger partial charge in [-0.1, -0.05) is 35.3 Å². The highest BCUT2D eigenvalue weighted by Crippen LogP contribution is 2.38. The van der Waals surface area contributed by atoms with Crippen molar-refractivity contribution in [2.24, 2.45) is 0 Å². The molecule has 2 aliphatic rings. The fourth-order valence-corrected chi connectivity index (χ4v) is 8.27. The first kappa shape index (κ1) is 34.7. The molecule has 0 radical (unpaired) electrons. The normalized spacial score (nSPS) is 17.8. The van der Waals surface area contributed by atoms with E-state index in [0.29, 0.717) is 33.8 Å². The fourth-order valence-electron chi connectivity index (χ4n) is 5.98. The zero-order chi connectivity index (χ0) is 33.9. The average molecular weight is 707 g/mol. The van der Waals surface area contributed by atoms with Crippen molar-refractivity contribution in [2.75, 3.05) is 27.7 Å². The summed E-state index contributed by atoms with van der Waals surface area (Å²) in [6.45, 7) is 0.0976. The minimum absolute atomic E-state index is 0.00634. The van der Waals surface area contributed by atoms with E-state index in [9.17, 15) is 23.2 Å². The lowest BCUT2D eigenvalue weighted by atomic mass is 10.0. The molecular weight excluding hydrogens is 669 g/mol. The Morgan fingerprint density at radius 2 is 1.72 bits per heavy atom. The third kappa shape index (κ3) is 7.77. The van der Waals surface area contributed by atoms with Crippen molar-refractivity contribution in [3.63, 3.8) is 0 Å². The molecule has 47 heavy (non-hydrogen) atoms. The number of halogens is 2. The maximum atomic E-state index is 13.9. The SMILES string of the molecule is COc1ccc(C(Cc2c(Cl)c[n+]([O-])cc2Cl)OC(=O)C2CCCN2S(=O)(=O)c2cccc(C(=O)N(C)C)c2)cc1OC1CCCC1. The van der Waals surface area contributed by atoms with Crippen LogP contribution >= 0.6 is 23.2 Å². The summed E-state index contributed by atoms with van der Waals surface area (Å²) in [6, 6.07) is 9.81. The Hall–Kier alpha value is -3.58. The molecule has 11 nitrogen and oxygen atoms in total. The van der Waals surface area contributed by atoms with E-state index < -0.39 is 28.1 Å². The van der Waals surface area contributed by atoms with Gasteiger partial charge in [-0.25, -0.2) is 8.42 Å². The monoisotopic (exact) mass is 705 g/mol. The van der Waals surface area contributed by atoms with Crippen LogP contribution in [0.4, 0.5) is 0 Å². The van der Waals surface area contributed by atoms with E-state index in [4.69, 9.17) is 37.4 Å². The number of esters is 1. The smallest absolute Gasteiger partial charge is 0.325 e. The van der Waals surface area contributed by atoms with E-state index in [1.807, 2.05) is 0 Å². The predicted octanol–water partition coefficient (Wildman–Crippen LogP) is 5.34. The van der Waals surface area contributed by atoms with Crippen molar-refractivity contribution in [3.05, 3.63) is 86.8 Å². The summed E-state index contributed by atoms with van der Waals surface area (Å²) < 4.78 is 47.2. The van der Waals surface area contributed by atoms with Gasteiger partial charge in [0.15, 0.2) is 23.9 Å². The number of carbonyl (C=O) groups excluding carboxylic acids is 2. The summed E-state index contributed by atoms with van der Waals surface area (Å²) in [4.78, 5) is 27.7. The summed E-state index contributed by atoms with van der Waals surface area (Å²) in [5.74, 6) is -0.110. The van der Waals surface area contributed by atoms with Gasteiger partial charge in [0.05, 0.1) is 18.1 Å². The third-order valence-corrected chi connectivity index (χ3v) is 11.0. The van der Waals surface area contributed by atoms with Crippen LogP contribution in [0, 0.1) is 5.21 Å². The number of rotatable bonds is 11. The van der Waals surface area contributed by atoms with Gasteiger partial charge in [-0.05, 0) is 74.4 Å². The van der Waals surface area contributed by atoms with E-state index in [2.05, 4.69) is 0 Å². The number of benzene rings is 2. The van der Waals surface area contributed by atoms with Gasteiger partial charge < -0.3 is 24.3 Å². The summed E-state index contributed by atoms with van der Waals surface area (Å²) in [5.41, 5.74) is 1.13. The van der Waals surface area contributed by atoms with Crippen LogP contribution < -0.4 is 14.2 Å². The van der Waals surface area contributed by atoms with Crippen molar-refractivity contribution >= 4 is 45.1 Å². The molecule has 1 aliphatic carbocycles. The lowest BCUT2D eigenvalue weighted by Crippen LogP contribution is -2.42. The second-order valence-electron chi connectivity index (χ2n) is 11.9. The maximum absolute atomic E-state index is 13.9. The predicted molar refractivity (Wildman–Crippen MR) is 175 cm³/mol. The van der Waals surface area contributed by atoms with E-state index in [-0.39, 0.29) is 51.9 Å². The first-order valence-electron chi connectivity index (χ1n) is 15.3. The number of aromatic nitrogens is 1. The van der Waals surface area contributed by atoms with Gasteiger partial charge in [0.25, 0.3) is 5.91 Å². The topological polar surface area (TPSA) is 129 Å². The highest BCUT2D eigenvalue weighted by Gasteiger charge is 2.41. The molecule has 252 valence electrons. The van der Waals surface area contributed by atoms with E-state index in [0.717, 1.165) is 42.4 Å². The van der Waals surface area contributed by atoms with Gasteiger partial charge in [0.2, 0.25) is 10.0 Å². The van der Waals surface area contributed by atoms with Crippen LogP contribution in [0.3, 0.4) is 0 Å². The number of amides is 1. The molecule has 0 N–H and O–H groups in total. The van der Waals surface area contributed by atoms with Gasteiger partial charge >= 0.3 is 5.97 Å². The molecule has 3 aromatic rings. The van der Waals surface area contributed by atoms with Gasteiger partial charge in [-0.15, -0.1) is 0 Å². The van der Waals surface area contributed by atoms with Crippen molar-refractivity contribution in [1.82, 2.24) is 9.21 Å². The van der Waals surface area contributed by atoms with Crippen LogP contribution in [-0.2, 0) is 26.0 Å². The Morgan fingerprint density at radius 1 is 1.02 bits per heavy atom. The second-order valence-corrected chi connectivity index (χ2v) is 14.6. The average Bonchev–Trinajstić information content (AvgIpc) is 3.75. The Bertz CT molecular complexity index is 1720. The standard InChI is InChI=1S/C33H37Cl2N3O8S/c1-36(2)32(39)22-8-6-11-24(16-22)47(42,43)38-15-7-12-28(38)33(40)46-30(18-25-26(34)19-37(41)20-27(25)35)21-13-14-29(44-3)31(17-21)45-23-9-4-5-10-23/h6,8,11,13-14,16-17,19-20,23,28,30H,4-5,7,9-10,12,15,18H2,1-3H3. The molecular formula is C33H37Cl2N3O8S. The molecule has 5 rings (SSSR count). The molecule has 2 aromatic carbocycles. The fraction of sp³-hybridized carbons (Fsp3) is 0.424. The lowest BCUT2D eigenvalue weighted by Gasteiger charge is -2.27. The Balaban J connectivity index is 1.47. The summed E-state index contributed by atoms with van der Waals surface area (Å²) >= 11 is 12.8. The van der Waals surface area contributed by atoms with Gasteiger partial charge in [0.1, 0.15) is 22.2 Å². The number of ether oxygens (including phenoxy) is 3. The summed E-state index contributed by atoms with van der Waals surface area (Å²) in [7, 11) is 0.516. The molecule has 0 spiro atoms. The Kier molecular flexibility index (Phi) is 10.8. The number of carbonyl (C=O) groups is 2. The Morgan fingerprint density at radius 3 is 2.38 bits per heavy atom. The van der Waals surface area contributed by atoms with Gasteiger partial charge in [0, 0.05) is 38.2 Å². The first-order chi connectivity index (χ1) is 22.4. The van der Waals surface area contributed by atoms with E-state index >= 15 is 0 Å². The zero-order valence-corrected chi connectivity index (χ0v) is 28.7. The number of sulfonamides is 1. The quantitative estimate of drug-likeness (QED) is 0.149. The largest absolute Gasteiger partial charge is 0.619 e. The van der Waals surface area contributed by atoms with Crippen LogP contribution in [0.2, 0.25) is 10.0 Å². The molecule has 1 amide bonds. The zero-order valence-electron chi connectivity index (χ0n) is 26.4. The maximum Gasteiger partial charge on any atom is 0.325 e. The molecule has 2 fully saturated rings. The van der Waals surface area contributed by atoms with Crippen molar-refractivity contribution in [2.45, 2.75) is 68.1 Å². The van der Waals surface area contributed by atoms with Crippen LogP contribution in [0.15, 0.2) is 59.8 Å². The lowest BCUT2D eigenvalue weighted by molar-refractivity contribution is -0.605. The van der Waals surface area contributed by atoms with Crippen molar-refractivity contribution < 1.29 is 36.9 Å². The number of hydrogen-bond acceptors (Lipinski definition) is 8. The van der Waals surface area contributed by atoms with Crippen molar-refractivity contribution in [3.8, 4) is 11.5 Å². The van der Waals surface area contributed by atoms with Crippen molar-refractivity contribution in [1.29, 1.82) is 0 Å². The molecule has 2 unspecified atom stereocenters. The molecule has 1 saturated carbocycles. The van der Waals surface area contributed by atoms with Gasteiger partial charge in [-0.3, -0.25) is 9.59 Å². The number of nitrogens with zero attached hydrogens (tertiary/aromatic N) is 3. The molecule has 1 saturated heterocycles.